The fourth-order valence-electron chi connectivity index (χ4n) is 5.61. The number of aromatic nitrogens is 1. The van der Waals surface area contributed by atoms with Gasteiger partial charge in [0.1, 0.15) is 0 Å². The Morgan fingerprint density at radius 2 is 1.18 bits per heavy atom. The van der Waals surface area contributed by atoms with E-state index in [0.717, 1.165) is 55.2 Å². The molecule has 0 saturated carbocycles. The normalized spacial score (nSPS) is 16.8. The molecule has 1 aromatic heterocycles. The van der Waals surface area contributed by atoms with Crippen molar-refractivity contribution < 1.29 is 4.57 Å². The zero-order chi connectivity index (χ0) is 26.2. The monoisotopic (exact) mass is 520 g/mol. The van der Waals surface area contributed by atoms with Gasteiger partial charge in [0.05, 0.1) is 16.9 Å². The van der Waals surface area contributed by atoms with Crippen LogP contribution in [0.4, 0.5) is 5.69 Å². The molecule has 5 aromatic carbocycles. The molecule has 0 aliphatic carbocycles. The molecule has 2 heterocycles. The standard InChI is InChI=1S/C35H25N2OP/c38-39(29-20-8-3-9-21-29)32-24-11-10-22-30(32)33(26-14-4-1-5-15-26)35(28-16-6-2-7-17-28)37(39)31-23-12-18-27-19-13-25-36-34(27)31/h1-25H. The predicted molar refractivity (Wildman–Crippen MR) is 163 cm³/mol. The Morgan fingerprint density at radius 1 is 0.564 bits per heavy atom. The fraction of sp³-hybridized carbons (Fsp3) is 0. The van der Waals surface area contributed by atoms with Gasteiger partial charge in [-0.2, -0.15) is 0 Å². The van der Waals surface area contributed by atoms with Gasteiger partial charge < -0.3 is 0 Å². The maximum atomic E-state index is 16.1. The third kappa shape index (κ3) is 3.74. The third-order valence-corrected chi connectivity index (χ3v) is 10.3. The molecule has 0 amide bonds. The summed E-state index contributed by atoms with van der Waals surface area (Å²) in [6.07, 6.45) is 1.81. The van der Waals surface area contributed by atoms with Crippen LogP contribution in [0.2, 0.25) is 0 Å². The van der Waals surface area contributed by atoms with Crippen LogP contribution in [0.3, 0.4) is 0 Å². The minimum absolute atomic E-state index is 0.783. The van der Waals surface area contributed by atoms with Crippen molar-refractivity contribution in [1.82, 2.24) is 4.98 Å². The van der Waals surface area contributed by atoms with Gasteiger partial charge >= 0.3 is 0 Å². The number of hydrogen-bond donors (Lipinski definition) is 0. The molecule has 1 aliphatic heterocycles. The summed E-state index contributed by atoms with van der Waals surface area (Å²) in [6.45, 7) is 0. The van der Waals surface area contributed by atoms with E-state index in [9.17, 15) is 0 Å². The molecule has 0 spiro atoms. The molecular weight excluding hydrogens is 495 g/mol. The number of anilines is 1. The summed E-state index contributed by atoms with van der Waals surface area (Å²) < 4.78 is 18.2. The fourth-order valence-corrected chi connectivity index (χ4v) is 8.67. The first-order valence-electron chi connectivity index (χ1n) is 13.0. The van der Waals surface area contributed by atoms with Crippen LogP contribution in [0.25, 0.3) is 22.2 Å². The Labute approximate surface area is 228 Å². The van der Waals surface area contributed by atoms with Gasteiger partial charge in [0.15, 0.2) is 0 Å². The highest BCUT2D eigenvalue weighted by molar-refractivity contribution is 7.81. The zero-order valence-corrected chi connectivity index (χ0v) is 22.1. The van der Waals surface area contributed by atoms with Gasteiger partial charge in [-0.05, 0) is 47.0 Å². The predicted octanol–water partition coefficient (Wildman–Crippen LogP) is 7.90. The molecule has 0 saturated heterocycles. The molecule has 4 heteroatoms. The second kappa shape index (κ2) is 9.54. The zero-order valence-electron chi connectivity index (χ0n) is 21.2. The second-order valence-corrected chi connectivity index (χ2v) is 12.1. The molecule has 7 rings (SSSR count). The van der Waals surface area contributed by atoms with Gasteiger partial charge in [0, 0.05) is 27.8 Å². The van der Waals surface area contributed by atoms with Crippen molar-refractivity contribution in [2.24, 2.45) is 0 Å². The van der Waals surface area contributed by atoms with Crippen LogP contribution in [0.5, 0.6) is 0 Å². The second-order valence-electron chi connectivity index (χ2n) is 9.55. The van der Waals surface area contributed by atoms with E-state index in [1.165, 1.54) is 0 Å². The van der Waals surface area contributed by atoms with Crippen molar-refractivity contribution in [1.29, 1.82) is 0 Å². The third-order valence-electron chi connectivity index (χ3n) is 7.29. The largest absolute Gasteiger partial charge is 0.289 e. The molecule has 0 bridgehead atoms. The van der Waals surface area contributed by atoms with Crippen molar-refractivity contribution >= 4 is 45.8 Å². The van der Waals surface area contributed by atoms with Gasteiger partial charge in [-0.1, -0.05) is 115 Å². The lowest BCUT2D eigenvalue weighted by atomic mass is 9.92. The lowest BCUT2D eigenvalue weighted by Crippen LogP contribution is -2.37. The first kappa shape index (κ1) is 23.4. The number of para-hydroxylation sites is 1. The molecule has 186 valence electrons. The lowest BCUT2D eigenvalue weighted by molar-refractivity contribution is 0.587. The topological polar surface area (TPSA) is 33.2 Å². The van der Waals surface area contributed by atoms with Crippen LogP contribution in [0, 0.1) is 0 Å². The van der Waals surface area contributed by atoms with E-state index in [1.807, 2.05) is 91.0 Å². The van der Waals surface area contributed by atoms with Gasteiger partial charge in [-0.3, -0.25) is 14.2 Å². The molecule has 3 nitrogen and oxygen atoms in total. The molecule has 1 atom stereocenters. The summed E-state index contributed by atoms with van der Waals surface area (Å²) >= 11 is 0. The summed E-state index contributed by atoms with van der Waals surface area (Å²) in [5.74, 6) is 0. The summed E-state index contributed by atoms with van der Waals surface area (Å²) in [5.41, 5.74) is 6.65. The molecule has 1 unspecified atom stereocenters. The maximum Gasteiger partial charge on any atom is 0.234 e. The average Bonchev–Trinajstić information content (AvgIpc) is 3.02. The molecule has 1 aliphatic rings. The van der Waals surface area contributed by atoms with Crippen LogP contribution in [-0.2, 0) is 4.57 Å². The first-order valence-corrected chi connectivity index (χ1v) is 14.7. The van der Waals surface area contributed by atoms with Gasteiger partial charge in [0.2, 0.25) is 7.29 Å². The van der Waals surface area contributed by atoms with Crippen LogP contribution in [-0.4, -0.2) is 4.98 Å². The number of rotatable bonds is 4. The highest BCUT2D eigenvalue weighted by Gasteiger charge is 2.45. The maximum absolute atomic E-state index is 16.1. The average molecular weight is 521 g/mol. The van der Waals surface area contributed by atoms with E-state index < -0.39 is 7.29 Å². The highest BCUT2D eigenvalue weighted by Crippen LogP contribution is 2.61. The van der Waals surface area contributed by atoms with E-state index in [2.05, 4.69) is 59.3 Å². The molecule has 6 aromatic rings. The number of nitrogens with zero attached hydrogens (tertiary/aromatic N) is 2. The number of fused-ring (bicyclic) bond motifs is 2. The lowest BCUT2D eigenvalue weighted by Gasteiger charge is -2.42. The minimum atomic E-state index is -3.44. The first-order chi connectivity index (χ1) is 19.3. The Morgan fingerprint density at radius 3 is 1.92 bits per heavy atom. The van der Waals surface area contributed by atoms with Crippen molar-refractivity contribution in [3.05, 3.63) is 168 Å². The number of pyridine rings is 1. The van der Waals surface area contributed by atoms with E-state index in [0.29, 0.717) is 0 Å². The van der Waals surface area contributed by atoms with Crippen LogP contribution in [0.1, 0.15) is 16.7 Å². The number of hydrogen-bond acceptors (Lipinski definition) is 2. The molecule has 0 N–H and O–H groups in total. The molecule has 0 radical (unpaired) electrons. The van der Waals surface area contributed by atoms with Crippen molar-refractivity contribution in [2.45, 2.75) is 0 Å². The smallest absolute Gasteiger partial charge is 0.234 e. The van der Waals surface area contributed by atoms with Crippen LogP contribution in [0.15, 0.2) is 152 Å². The van der Waals surface area contributed by atoms with Gasteiger partial charge in [-0.15, -0.1) is 0 Å². The van der Waals surface area contributed by atoms with E-state index in [4.69, 9.17) is 4.98 Å². The quantitative estimate of drug-likeness (QED) is 0.222. The van der Waals surface area contributed by atoms with Crippen molar-refractivity contribution in [3.63, 3.8) is 0 Å². The minimum Gasteiger partial charge on any atom is -0.289 e. The van der Waals surface area contributed by atoms with E-state index >= 15 is 4.57 Å². The van der Waals surface area contributed by atoms with Crippen molar-refractivity contribution in [2.75, 3.05) is 4.67 Å². The summed E-state index contributed by atoms with van der Waals surface area (Å²) in [6, 6.07) is 48.9. The summed E-state index contributed by atoms with van der Waals surface area (Å²) in [7, 11) is -3.44. The van der Waals surface area contributed by atoms with Crippen molar-refractivity contribution in [3.8, 4) is 0 Å². The van der Waals surface area contributed by atoms with Gasteiger partial charge in [0.25, 0.3) is 0 Å². The van der Waals surface area contributed by atoms with E-state index in [1.54, 1.807) is 6.20 Å². The van der Waals surface area contributed by atoms with E-state index in [-0.39, 0.29) is 0 Å². The highest BCUT2D eigenvalue weighted by atomic mass is 31.2. The molecule has 0 fully saturated rings. The van der Waals surface area contributed by atoms with Crippen LogP contribution >= 0.6 is 7.29 Å². The molecule has 39 heavy (non-hydrogen) atoms. The Bertz CT molecular complexity index is 1880. The Balaban J connectivity index is 1.70. The van der Waals surface area contributed by atoms with Crippen LogP contribution < -0.4 is 15.3 Å². The Hall–Kier alpha value is -4.72. The summed E-state index contributed by atoms with van der Waals surface area (Å²) in [4.78, 5) is 4.81. The Kier molecular flexibility index (Phi) is 5.73. The molecular formula is C35H25N2OP. The SMILES string of the molecule is O=P1(c2ccccc2)c2ccccc2C(c2ccccc2)=C(c2ccccc2)N1c1cccc2cccnc12. The summed E-state index contributed by atoms with van der Waals surface area (Å²) in [5, 5.41) is 2.61. The van der Waals surface area contributed by atoms with Gasteiger partial charge in [-0.25, -0.2) is 0 Å². The number of benzene rings is 5.